The molecule has 24 nitrogen and oxygen atoms in total. The number of benzene rings is 2. The van der Waals surface area contributed by atoms with Crippen LogP contribution in [0.3, 0.4) is 0 Å². The van der Waals surface area contributed by atoms with Gasteiger partial charge in [0.1, 0.15) is 54.8 Å². The third kappa shape index (κ3) is 12.7. The van der Waals surface area contributed by atoms with Gasteiger partial charge in [-0.05, 0) is 99.1 Å². The highest BCUT2D eigenvalue weighted by Crippen LogP contribution is 2.41. The number of amides is 4. The fourth-order valence-corrected chi connectivity index (χ4v) is 11.3. The van der Waals surface area contributed by atoms with E-state index in [0.717, 1.165) is 10.9 Å². The van der Waals surface area contributed by atoms with Crippen LogP contribution >= 0.6 is 12.2 Å². The number of aromatic amines is 1. The number of rotatable bonds is 20. The zero-order valence-electron chi connectivity index (χ0n) is 47.1. The first-order chi connectivity index (χ1) is 39.7. The summed E-state index contributed by atoms with van der Waals surface area (Å²) in [5, 5.41) is 36.2. The van der Waals surface area contributed by atoms with Crippen molar-refractivity contribution in [1.29, 1.82) is 0 Å². The van der Waals surface area contributed by atoms with E-state index in [4.69, 9.17) is 40.9 Å². The van der Waals surface area contributed by atoms with E-state index in [0.29, 0.717) is 53.4 Å². The second-order valence-electron chi connectivity index (χ2n) is 22.0. The van der Waals surface area contributed by atoms with Gasteiger partial charge in [-0.1, -0.05) is 52.8 Å². The zero-order valence-corrected chi connectivity index (χ0v) is 48.0. The molecule has 25 heteroatoms. The summed E-state index contributed by atoms with van der Waals surface area (Å²) in [6, 6.07) is 13.4. The molecule has 2 saturated heterocycles. The Morgan fingerprint density at radius 1 is 0.964 bits per heavy atom. The number of aliphatic hydroxyl groups is 2. The van der Waals surface area contributed by atoms with Crippen molar-refractivity contribution in [2.75, 3.05) is 25.5 Å². The summed E-state index contributed by atoms with van der Waals surface area (Å²) in [6.07, 6.45) is -1.02. The summed E-state index contributed by atoms with van der Waals surface area (Å²) in [7, 11) is 1.38. The maximum absolute atomic E-state index is 14.5. The number of para-hydroxylation sites is 1. The molecule has 0 bridgehead atoms. The number of hydrogen-bond acceptors (Lipinski definition) is 17. The first-order valence-corrected chi connectivity index (χ1v) is 28.2. The van der Waals surface area contributed by atoms with E-state index in [1.54, 1.807) is 67.5 Å². The minimum Gasteiger partial charge on any atom is -0.462 e. The van der Waals surface area contributed by atoms with Crippen LogP contribution in [0.2, 0.25) is 0 Å². The lowest BCUT2D eigenvalue weighted by molar-refractivity contribution is -0.272. The van der Waals surface area contributed by atoms with Crippen LogP contribution in [-0.2, 0) is 72.9 Å². The summed E-state index contributed by atoms with van der Waals surface area (Å²) in [4.78, 5) is 112. The molecule has 83 heavy (non-hydrogen) atoms. The number of hydrogen-bond donors (Lipinski definition) is 8. The summed E-state index contributed by atoms with van der Waals surface area (Å²) in [6.45, 7) is 10.1. The van der Waals surface area contributed by atoms with Crippen LogP contribution < -0.4 is 36.9 Å². The fourth-order valence-electron chi connectivity index (χ4n) is 11.0. The van der Waals surface area contributed by atoms with Gasteiger partial charge in [0.05, 0.1) is 48.0 Å². The Balaban J connectivity index is 0.826. The smallest absolute Gasteiger partial charge is 0.355 e. The van der Waals surface area contributed by atoms with E-state index in [1.165, 1.54) is 19.6 Å². The van der Waals surface area contributed by atoms with Crippen molar-refractivity contribution >= 4 is 69.5 Å². The number of methoxy groups -OCH3 is 1. The van der Waals surface area contributed by atoms with Crippen LogP contribution in [0.25, 0.3) is 22.3 Å². The molecule has 0 radical (unpaired) electrons. The first kappa shape index (κ1) is 59.8. The van der Waals surface area contributed by atoms with E-state index in [9.17, 15) is 43.8 Å². The standard InChI is InChI=1S/C58H70N10O14S/c1-8-58(38-23-43-46-33(21-32-12-9-10-13-39(32)64-46)26-68(43)53(75)37(38)27-79-56(58)77)82-54(76)45(30(4)5)66-51(73)41(22-35-24-59-28-61-35)63-44(69)25-60-50(72)40(20-29(2)3)65-52(74)42-14-11-19-67(42)57(83)62-34-15-17-36(18-16-34)81-55-48(71)49(78-7)47(70)31(6)80-55/h9-10,12-13,15-18,21,23-24,28-31,40-42,45,47-49,55,70-71H,8,11,14,19-20,22,25-27H2,1-7H3,(H,59,61)(H,60,72)(H,62,83)(H,63,69)(H,65,74)(H,66,73)/t31-,40+,41-,42?,45-,47?,48+,49+,55+,58?/m1/s1. The highest BCUT2D eigenvalue weighted by molar-refractivity contribution is 7.80. The second-order valence-corrected chi connectivity index (χ2v) is 22.4. The van der Waals surface area contributed by atoms with E-state index in [1.807, 2.05) is 44.2 Å². The molecule has 10 atom stereocenters. The van der Waals surface area contributed by atoms with E-state index < -0.39 is 114 Å². The quantitative estimate of drug-likeness (QED) is 0.0402. The highest BCUT2D eigenvalue weighted by Gasteiger charge is 2.52. The van der Waals surface area contributed by atoms with E-state index >= 15 is 0 Å². The number of likely N-dealkylation sites (tertiary alicyclic amines) is 1. The molecule has 442 valence electrons. The number of fused-ring (bicyclic) bond motifs is 5. The lowest BCUT2D eigenvalue weighted by Gasteiger charge is -2.40. The van der Waals surface area contributed by atoms with Gasteiger partial charge in [0.2, 0.25) is 35.5 Å². The predicted molar refractivity (Wildman–Crippen MR) is 304 cm³/mol. The van der Waals surface area contributed by atoms with Crippen LogP contribution in [0.5, 0.6) is 5.75 Å². The van der Waals surface area contributed by atoms with Crippen LogP contribution in [0, 0.1) is 11.8 Å². The number of nitrogens with zero attached hydrogens (tertiary/aromatic N) is 4. The Labute approximate surface area is 483 Å². The molecule has 0 spiro atoms. The number of H-pyrrole nitrogens is 1. The number of imidazole rings is 1. The van der Waals surface area contributed by atoms with Gasteiger partial charge in [-0.25, -0.2) is 19.6 Å². The van der Waals surface area contributed by atoms with Gasteiger partial charge in [-0.2, -0.15) is 0 Å². The minimum absolute atomic E-state index is 0.0628. The molecule has 2 aromatic carbocycles. The molecule has 0 saturated carbocycles. The van der Waals surface area contributed by atoms with Crippen molar-refractivity contribution in [3.05, 3.63) is 106 Å². The fraction of sp³-hybridized carbons (Fsp3) is 0.483. The van der Waals surface area contributed by atoms with Crippen molar-refractivity contribution in [3.63, 3.8) is 0 Å². The normalized spacial score (nSPS) is 22.8. The SMILES string of the molecule is CCC1(OC(=O)[C@H](NC(=O)[C@@H](Cc2cnc[nH]2)NC(=O)CNC(=O)[C@H](CC(C)C)NC(=O)C2CCCN2C(=S)Nc2ccc(O[C@@H]3O[C@H](C)C(O)[C@H](OC)[C@@H]3O)cc2)C(C)C)C(=O)OCc2c1cc1n(c2=O)Cc2cc3ccccc3nc2-1. The van der Waals surface area contributed by atoms with Crippen molar-refractivity contribution in [2.24, 2.45) is 11.8 Å². The number of cyclic esters (lactones) is 1. The number of carbonyl (C=O) groups is 6. The first-order valence-electron chi connectivity index (χ1n) is 27.8. The maximum Gasteiger partial charge on any atom is 0.355 e. The Morgan fingerprint density at radius 2 is 1.72 bits per heavy atom. The van der Waals surface area contributed by atoms with Crippen molar-refractivity contribution < 1.29 is 62.7 Å². The number of aliphatic hydroxyl groups excluding tert-OH is 2. The number of pyridine rings is 2. The molecule has 3 aromatic heterocycles. The summed E-state index contributed by atoms with van der Waals surface area (Å²) in [5.74, 6) is -4.85. The number of anilines is 1. The van der Waals surface area contributed by atoms with Crippen molar-refractivity contribution in [3.8, 4) is 17.1 Å². The minimum atomic E-state index is -2.07. The summed E-state index contributed by atoms with van der Waals surface area (Å²) < 4.78 is 30.1. The second kappa shape index (κ2) is 25.3. The number of ether oxygens (including phenoxy) is 5. The zero-order chi connectivity index (χ0) is 59.4. The highest BCUT2D eigenvalue weighted by atomic mass is 32.1. The summed E-state index contributed by atoms with van der Waals surface area (Å²) in [5.41, 5.74) is 1.39. The molecule has 4 aliphatic heterocycles. The largest absolute Gasteiger partial charge is 0.462 e. The Bertz CT molecular complexity index is 3320. The molecule has 8 N–H and O–H groups in total. The van der Waals surface area contributed by atoms with Crippen LogP contribution in [0.4, 0.5) is 5.69 Å². The van der Waals surface area contributed by atoms with E-state index in [-0.39, 0.29) is 54.6 Å². The summed E-state index contributed by atoms with van der Waals surface area (Å²) >= 11 is 5.76. The molecular weight excluding hydrogens is 1090 g/mol. The number of carbonyl (C=O) groups excluding carboxylic acids is 6. The van der Waals surface area contributed by atoms with Crippen LogP contribution in [0.1, 0.15) is 89.6 Å². The van der Waals surface area contributed by atoms with Gasteiger partial charge in [-0.15, -0.1) is 0 Å². The molecule has 3 unspecified atom stereocenters. The number of aromatic nitrogens is 4. The lowest BCUT2D eigenvalue weighted by atomic mass is 9.85. The molecule has 2 fully saturated rings. The van der Waals surface area contributed by atoms with Crippen molar-refractivity contribution in [2.45, 2.75) is 147 Å². The Kier molecular flexibility index (Phi) is 18.2. The van der Waals surface area contributed by atoms with Gasteiger partial charge in [-0.3, -0.25) is 24.0 Å². The molecule has 9 rings (SSSR count). The third-order valence-electron chi connectivity index (χ3n) is 15.5. The lowest BCUT2D eigenvalue weighted by Crippen LogP contribution is -2.59. The topological polar surface area (TPSA) is 316 Å². The average Bonchev–Trinajstić information content (AvgIpc) is 2.53. The average molecular weight is 1160 g/mol. The predicted octanol–water partition coefficient (Wildman–Crippen LogP) is 2.59. The Hall–Kier alpha value is -7.84. The molecule has 5 aromatic rings. The third-order valence-corrected chi connectivity index (χ3v) is 15.8. The van der Waals surface area contributed by atoms with Gasteiger partial charge >= 0.3 is 11.9 Å². The van der Waals surface area contributed by atoms with Gasteiger partial charge < -0.3 is 74.9 Å². The molecule has 4 amide bonds. The number of thiocarbonyl (C=S) groups is 1. The van der Waals surface area contributed by atoms with Gasteiger partial charge in [0.15, 0.2) is 5.11 Å². The molecule has 7 heterocycles. The van der Waals surface area contributed by atoms with Crippen LogP contribution in [0.15, 0.2) is 78.0 Å². The molecule has 4 aliphatic rings. The van der Waals surface area contributed by atoms with Crippen molar-refractivity contribution in [1.82, 2.24) is 45.7 Å². The molecular formula is C58H70N10O14S. The monoisotopic (exact) mass is 1160 g/mol. The van der Waals surface area contributed by atoms with Gasteiger partial charge in [0, 0.05) is 54.2 Å². The Morgan fingerprint density at radius 3 is 2.42 bits per heavy atom. The van der Waals surface area contributed by atoms with Crippen LogP contribution in [-0.4, -0.2) is 150 Å². The maximum atomic E-state index is 14.5. The number of nitrogens with one attached hydrogen (secondary N) is 6. The molecule has 0 aliphatic carbocycles. The van der Waals surface area contributed by atoms with Gasteiger partial charge in [0.25, 0.3) is 5.56 Å². The number of esters is 2. The van der Waals surface area contributed by atoms with E-state index in [2.05, 4.69) is 36.6 Å².